The SMILES string of the molecule is CCNC(=NCc1ccccc1C)NCCc1ccc(S(C)(=O)=O)cc1. The Bertz CT molecular complexity index is 844. The Morgan fingerprint density at radius 1 is 1.04 bits per heavy atom. The quantitative estimate of drug-likeness (QED) is 0.578. The summed E-state index contributed by atoms with van der Waals surface area (Å²) in [5.41, 5.74) is 3.53. The fourth-order valence-corrected chi connectivity index (χ4v) is 3.15. The fourth-order valence-electron chi connectivity index (χ4n) is 2.52. The average molecular weight is 374 g/mol. The van der Waals surface area contributed by atoms with Crippen LogP contribution in [0.3, 0.4) is 0 Å². The van der Waals surface area contributed by atoms with Crippen molar-refractivity contribution in [2.75, 3.05) is 19.3 Å². The molecule has 2 rings (SSSR count). The molecule has 0 saturated heterocycles. The van der Waals surface area contributed by atoms with Gasteiger partial charge >= 0.3 is 0 Å². The highest BCUT2D eigenvalue weighted by molar-refractivity contribution is 7.90. The van der Waals surface area contributed by atoms with Crippen molar-refractivity contribution in [3.63, 3.8) is 0 Å². The smallest absolute Gasteiger partial charge is 0.191 e. The van der Waals surface area contributed by atoms with E-state index < -0.39 is 9.84 Å². The van der Waals surface area contributed by atoms with Gasteiger partial charge in [0.1, 0.15) is 0 Å². The van der Waals surface area contributed by atoms with Gasteiger partial charge in [-0.2, -0.15) is 0 Å². The number of guanidine groups is 1. The van der Waals surface area contributed by atoms with Gasteiger partial charge in [-0.3, -0.25) is 0 Å². The van der Waals surface area contributed by atoms with Gasteiger partial charge in [0.25, 0.3) is 0 Å². The summed E-state index contributed by atoms with van der Waals surface area (Å²) in [7, 11) is -3.14. The molecule has 2 N–H and O–H groups in total. The molecule has 0 aromatic heterocycles. The van der Waals surface area contributed by atoms with Crippen LogP contribution in [0.5, 0.6) is 0 Å². The number of sulfone groups is 1. The van der Waals surface area contributed by atoms with Crippen molar-refractivity contribution in [2.45, 2.75) is 31.7 Å². The minimum atomic E-state index is -3.14. The number of benzene rings is 2. The summed E-state index contributed by atoms with van der Waals surface area (Å²) in [5.74, 6) is 0.781. The molecule has 0 unspecified atom stereocenters. The first kappa shape index (κ1) is 20.0. The van der Waals surface area contributed by atoms with E-state index in [4.69, 9.17) is 0 Å². The van der Waals surface area contributed by atoms with Crippen molar-refractivity contribution in [3.8, 4) is 0 Å². The molecule has 0 bridgehead atoms. The Morgan fingerprint density at radius 2 is 1.73 bits per heavy atom. The Balaban J connectivity index is 1.92. The first-order valence-corrected chi connectivity index (χ1v) is 10.6. The Labute approximate surface area is 156 Å². The van der Waals surface area contributed by atoms with E-state index in [0.717, 1.165) is 31.0 Å². The topological polar surface area (TPSA) is 70.6 Å². The summed E-state index contributed by atoms with van der Waals surface area (Å²) in [6.07, 6.45) is 2.01. The van der Waals surface area contributed by atoms with Gasteiger partial charge in [-0.15, -0.1) is 0 Å². The summed E-state index contributed by atoms with van der Waals surface area (Å²) in [6.45, 7) is 6.27. The van der Waals surface area contributed by atoms with Gasteiger partial charge < -0.3 is 10.6 Å². The molecule has 0 aliphatic rings. The van der Waals surface area contributed by atoms with E-state index in [1.165, 1.54) is 17.4 Å². The van der Waals surface area contributed by atoms with Gasteiger partial charge in [0, 0.05) is 19.3 Å². The second-order valence-electron chi connectivity index (χ2n) is 6.21. The molecule has 0 spiro atoms. The molecule has 26 heavy (non-hydrogen) atoms. The summed E-state index contributed by atoms with van der Waals surface area (Å²) in [5, 5.41) is 6.57. The maximum atomic E-state index is 11.5. The molecule has 0 radical (unpaired) electrons. The molecule has 0 saturated carbocycles. The third-order valence-electron chi connectivity index (χ3n) is 4.07. The normalized spacial score (nSPS) is 12.0. The van der Waals surface area contributed by atoms with Crippen molar-refractivity contribution in [3.05, 3.63) is 65.2 Å². The lowest BCUT2D eigenvalue weighted by Crippen LogP contribution is -2.38. The molecule has 0 aliphatic heterocycles. The predicted molar refractivity (Wildman–Crippen MR) is 107 cm³/mol. The molecular formula is C20H27N3O2S. The molecule has 0 fully saturated rings. The van der Waals surface area contributed by atoms with E-state index in [1.807, 2.05) is 31.2 Å². The highest BCUT2D eigenvalue weighted by Crippen LogP contribution is 2.10. The lowest BCUT2D eigenvalue weighted by atomic mass is 10.1. The average Bonchev–Trinajstić information content (AvgIpc) is 2.60. The molecule has 140 valence electrons. The van der Waals surface area contributed by atoms with Crippen molar-refractivity contribution in [2.24, 2.45) is 4.99 Å². The standard InChI is InChI=1S/C20H27N3O2S/c1-4-21-20(23-15-18-8-6-5-7-16(18)2)22-14-13-17-9-11-19(12-10-17)26(3,24)25/h5-12H,4,13-15H2,1-3H3,(H2,21,22,23). The van der Waals surface area contributed by atoms with Crippen LogP contribution in [0, 0.1) is 6.92 Å². The summed E-state index contributed by atoms with van der Waals surface area (Å²) >= 11 is 0. The zero-order valence-corrected chi connectivity index (χ0v) is 16.4. The van der Waals surface area contributed by atoms with Crippen LogP contribution in [0.15, 0.2) is 58.4 Å². The minimum Gasteiger partial charge on any atom is -0.357 e. The van der Waals surface area contributed by atoms with Crippen LogP contribution in [0.25, 0.3) is 0 Å². The number of hydrogen-bond acceptors (Lipinski definition) is 3. The van der Waals surface area contributed by atoms with Crippen LogP contribution < -0.4 is 10.6 Å². The van der Waals surface area contributed by atoms with Gasteiger partial charge in [-0.25, -0.2) is 13.4 Å². The predicted octanol–water partition coefficient (Wildman–Crippen LogP) is 2.70. The van der Waals surface area contributed by atoms with Crippen molar-refractivity contribution in [1.29, 1.82) is 0 Å². The lowest BCUT2D eigenvalue weighted by molar-refractivity contribution is 0.602. The fraction of sp³-hybridized carbons (Fsp3) is 0.350. The second-order valence-corrected chi connectivity index (χ2v) is 8.23. The van der Waals surface area contributed by atoms with Crippen molar-refractivity contribution in [1.82, 2.24) is 10.6 Å². The molecular weight excluding hydrogens is 346 g/mol. The van der Waals surface area contributed by atoms with Gasteiger partial charge in [-0.1, -0.05) is 36.4 Å². The van der Waals surface area contributed by atoms with Gasteiger partial charge in [0.2, 0.25) is 0 Å². The highest BCUT2D eigenvalue weighted by Gasteiger charge is 2.06. The number of aryl methyl sites for hydroxylation is 1. The number of aliphatic imine (C=N–C) groups is 1. The van der Waals surface area contributed by atoms with Crippen molar-refractivity contribution >= 4 is 15.8 Å². The molecule has 0 amide bonds. The van der Waals surface area contributed by atoms with Crippen molar-refractivity contribution < 1.29 is 8.42 Å². The van der Waals surface area contributed by atoms with E-state index >= 15 is 0 Å². The Hall–Kier alpha value is -2.34. The summed E-state index contributed by atoms with van der Waals surface area (Å²) in [4.78, 5) is 4.99. The second kappa shape index (κ2) is 9.38. The first-order valence-electron chi connectivity index (χ1n) is 8.76. The van der Waals surface area contributed by atoms with Gasteiger partial charge in [0.15, 0.2) is 15.8 Å². The van der Waals surface area contributed by atoms with E-state index in [1.54, 1.807) is 12.1 Å². The molecule has 5 nitrogen and oxygen atoms in total. The molecule has 0 atom stereocenters. The minimum absolute atomic E-state index is 0.349. The number of nitrogens with one attached hydrogen (secondary N) is 2. The van der Waals surface area contributed by atoms with Gasteiger partial charge in [0.05, 0.1) is 11.4 Å². The van der Waals surface area contributed by atoms with E-state index in [0.29, 0.717) is 11.4 Å². The zero-order valence-electron chi connectivity index (χ0n) is 15.6. The molecule has 6 heteroatoms. The van der Waals surface area contributed by atoms with Crippen LogP contribution in [0.4, 0.5) is 0 Å². The summed E-state index contributed by atoms with van der Waals surface area (Å²) < 4.78 is 23.0. The summed E-state index contributed by atoms with van der Waals surface area (Å²) in [6, 6.07) is 15.3. The van der Waals surface area contributed by atoms with E-state index in [2.05, 4.69) is 34.7 Å². The first-order chi connectivity index (χ1) is 12.4. The largest absolute Gasteiger partial charge is 0.357 e. The highest BCUT2D eigenvalue weighted by atomic mass is 32.2. The van der Waals surface area contributed by atoms with Crippen LogP contribution in [0.1, 0.15) is 23.6 Å². The lowest BCUT2D eigenvalue weighted by Gasteiger charge is -2.12. The van der Waals surface area contributed by atoms with Crippen LogP contribution >= 0.6 is 0 Å². The molecule has 2 aromatic rings. The van der Waals surface area contributed by atoms with E-state index in [-0.39, 0.29) is 0 Å². The maximum Gasteiger partial charge on any atom is 0.191 e. The van der Waals surface area contributed by atoms with Crippen LogP contribution in [-0.2, 0) is 22.8 Å². The van der Waals surface area contributed by atoms with Crippen LogP contribution in [0.2, 0.25) is 0 Å². The van der Waals surface area contributed by atoms with Gasteiger partial charge in [-0.05, 0) is 49.1 Å². The Morgan fingerprint density at radius 3 is 2.35 bits per heavy atom. The number of nitrogens with zero attached hydrogens (tertiary/aromatic N) is 1. The number of rotatable bonds is 7. The molecule has 0 heterocycles. The zero-order chi connectivity index (χ0) is 19.0. The third kappa shape index (κ3) is 6.19. The third-order valence-corrected chi connectivity index (χ3v) is 5.20. The maximum absolute atomic E-state index is 11.5. The number of hydrogen-bond donors (Lipinski definition) is 2. The monoisotopic (exact) mass is 373 g/mol. The molecule has 0 aliphatic carbocycles. The Kier molecular flexibility index (Phi) is 7.21. The van der Waals surface area contributed by atoms with E-state index in [9.17, 15) is 8.42 Å². The van der Waals surface area contributed by atoms with Crippen LogP contribution in [-0.4, -0.2) is 33.7 Å². The molecule has 2 aromatic carbocycles.